The quantitative estimate of drug-likeness (QED) is 0.875. The Kier molecular flexibility index (Phi) is 4.34. The van der Waals surface area contributed by atoms with Crippen LogP contribution in [-0.2, 0) is 0 Å². The van der Waals surface area contributed by atoms with Crippen LogP contribution < -0.4 is 5.32 Å². The molecule has 1 fully saturated rings. The van der Waals surface area contributed by atoms with Crippen molar-refractivity contribution < 1.29 is 5.11 Å². The fourth-order valence-electron chi connectivity index (χ4n) is 2.26. The highest BCUT2D eigenvalue weighted by Crippen LogP contribution is 2.29. The molecule has 1 aromatic carbocycles. The molecule has 0 unspecified atom stereocenters. The summed E-state index contributed by atoms with van der Waals surface area (Å²) in [6, 6.07) is 5.71. The Morgan fingerprint density at radius 3 is 2.65 bits per heavy atom. The van der Waals surface area contributed by atoms with Gasteiger partial charge < -0.3 is 10.4 Å². The lowest BCUT2D eigenvalue weighted by Gasteiger charge is -2.32. The molecule has 94 valence electrons. The van der Waals surface area contributed by atoms with Crippen LogP contribution in [0, 0.1) is 0 Å². The maximum Gasteiger partial charge on any atom is 0.0819 e. The van der Waals surface area contributed by atoms with Crippen molar-refractivity contribution in [3.05, 3.63) is 27.7 Å². The third-order valence-corrected chi connectivity index (χ3v) is 4.54. The van der Waals surface area contributed by atoms with E-state index in [1.807, 2.05) is 18.2 Å². The van der Waals surface area contributed by atoms with E-state index in [9.17, 15) is 5.11 Å². The third kappa shape index (κ3) is 3.60. The predicted molar refractivity (Wildman–Crippen MR) is 75.7 cm³/mol. The van der Waals surface area contributed by atoms with Gasteiger partial charge >= 0.3 is 0 Å². The molecule has 4 heteroatoms. The van der Waals surface area contributed by atoms with E-state index in [-0.39, 0.29) is 0 Å². The Labute approximate surface area is 115 Å². The molecule has 0 atom stereocenters. The summed E-state index contributed by atoms with van der Waals surface area (Å²) in [6.45, 7) is 0.612. The van der Waals surface area contributed by atoms with Crippen LogP contribution in [0.1, 0.15) is 32.1 Å². The Bertz CT molecular complexity index is 391. The van der Waals surface area contributed by atoms with Gasteiger partial charge in [0, 0.05) is 16.7 Å². The monoisotopic (exact) mass is 317 g/mol. The zero-order valence-electron chi connectivity index (χ0n) is 9.68. The molecule has 1 aliphatic rings. The lowest BCUT2D eigenvalue weighted by molar-refractivity contribution is 0.0167. The number of anilines is 1. The number of hydrogen-bond donors (Lipinski definition) is 2. The van der Waals surface area contributed by atoms with E-state index >= 15 is 0 Å². The second kappa shape index (κ2) is 5.59. The summed E-state index contributed by atoms with van der Waals surface area (Å²) in [5, 5.41) is 14.3. The van der Waals surface area contributed by atoms with Gasteiger partial charge in [-0.05, 0) is 47.0 Å². The van der Waals surface area contributed by atoms with Crippen LogP contribution in [0.3, 0.4) is 0 Å². The molecule has 0 saturated heterocycles. The summed E-state index contributed by atoms with van der Waals surface area (Å²) < 4.78 is 0.875. The Balaban J connectivity index is 1.94. The van der Waals surface area contributed by atoms with Gasteiger partial charge in [-0.3, -0.25) is 0 Å². The molecule has 0 spiro atoms. The highest BCUT2D eigenvalue weighted by molar-refractivity contribution is 9.10. The predicted octanol–water partition coefficient (Wildman–Crippen LogP) is 4.21. The molecule has 0 heterocycles. The maximum absolute atomic E-state index is 10.4. The first-order chi connectivity index (χ1) is 8.09. The second-order valence-electron chi connectivity index (χ2n) is 4.77. The van der Waals surface area contributed by atoms with E-state index in [1.165, 1.54) is 6.42 Å². The van der Waals surface area contributed by atoms with Crippen LogP contribution in [0.4, 0.5) is 5.69 Å². The summed E-state index contributed by atoms with van der Waals surface area (Å²) in [5.41, 5.74) is 0.449. The lowest BCUT2D eigenvalue weighted by Crippen LogP contribution is -2.38. The zero-order valence-corrected chi connectivity index (χ0v) is 12.0. The summed E-state index contributed by atoms with van der Waals surface area (Å²) in [7, 11) is 0. The SMILES string of the molecule is OC1(CNc2ccc(Cl)c(Br)c2)CCCCC1. The largest absolute Gasteiger partial charge is 0.388 e. The smallest absolute Gasteiger partial charge is 0.0819 e. The third-order valence-electron chi connectivity index (χ3n) is 3.33. The first-order valence-electron chi connectivity index (χ1n) is 6.00. The number of hydrogen-bond acceptors (Lipinski definition) is 2. The summed E-state index contributed by atoms with van der Waals surface area (Å²) in [4.78, 5) is 0. The normalized spacial score (nSPS) is 19.0. The van der Waals surface area contributed by atoms with Gasteiger partial charge in [0.25, 0.3) is 0 Å². The van der Waals surface area contributed by atoms with E-state index in [4.69, 9.17) is 11.6 Å². The highest BCUT2D eigenvalue weighted by Gasteiger charge is 2.28. The first kappa shape index (κ1) is 13.2. The maximum atomic E-state index is 10.4. The molecule has 1 saturated carbocycles. The zero-order chi connectivity index (χ0) is 12.3. The molecule has 0 amide bonds. The van der Waals surface area contributed by atoms with E-state index < -0.39 is 5.60 Å². The topological polar surface area (TPSA) is 32.3 Å². The van der Waals surface area contributed by atoms with Gasteiger partial charge in [0.15, 0.2) is 0 Å². The standard InChI is InChI=1S/C13H17BrClNO/c14-11-8-10(4-5-12(11)15)16-9-13(17)6-2-1-3-7-13/h4-5,8,16-17H,1-3,6-7,9H2. The van der Waals surface area contributed by atoms with Gasteiger partial charge in [0.1, 0.15) is 0 Å². The van der Waals surface area contributed by atoms with E-state index in [0.29, 0.717) is 11.6 Å². The molecule has 0 aromatic heterocycles. The van der Waals surface area contributed by atoms with Crippen molar-refractivity contribution in [2.75, 3.05) is 11.9 Å². The molecular weight excluding hydrogens is 302 g/mol. The Morgan fingerprint density at radius 2 is 2.00 bits per heavy atom. The number of aliphatic hydroxyl groups is 1. The van der Waals surface area contributed by atoms with E-state index in [1.54, 1.807) is 0 Å². The van der Waals surface area contributed by atoms with Crippen molar-refractivity contribution in [2.45, 2.75) is 37.7 Å². The molecule has 0 bridgehead atoms. The van der Waals surface area contributed by atoms with Gasteiger partial charge in [0.2, 0.25) is 0 Å². The van der Waals surface area contributed by atoms with Gasteiger partial charge in [-0.15, -0.1) is 0 Å². The van der Waals surface area contributed by atoms with Crippen molar-refractivity contribution in [3.63, 3.8) is 0 Å². The van der Waals surface area contributed by atoms with Gasteiger partial charge in [0.05, 0.1) is 10.6 Å². The van der Waals surface area contributed by atoms with Crippen LogP contribution in [0.25, 0.3) is 0 Å². The Hall–Kier alpha value is -0.250. The summed E-state index contributed by atoms with van der Waals surface area (Å²) in [5.74, 6) is 0. The van der Waals surface area contributed by atoms with Crippen LogP contribution in [0.5, 0.6) is 0 Å². The minimum absolute atomic E-state index is 0.537. The molecular formula is C13H17BrClNO. The highest BCUT2D eigenvalue weighted by atomic mass is 79.9. The van der Waals surface area contributed by atoms with Crippen molar-refractivity contribution in [1.29, 1.82) is 0 Å². The van der Waals surface area contributed by atoms with Crippen LogP contribution in [-0.4, -0.2) is 17.3 Å². The van der Waals surface area contributed by atoms with Crippen molar-refractivity contribution in [2.24, 2.45) is 0 Å². The molecule has 0 aliphatic heterocycles. The lowest BCUT2D eigenvalue weighted by atomic mass is 9.85. The van der Waals surface area contributed by atoms with Crippen molar-refractivity contribution in [3.8, 4) is 0 Å². The minimum Gasteiger partial charge on any atom is -0.388 e. The molecule has 0 radical (unpaired) electrons. The molecule has 2 rings (SSSR count). The summed E-state index contributed by atoms with van der Waals surface area (Å²) >= 11 is 9.32. The van der Waals surface area contributed by atoms with Crippen LogP contribution >= 0.6 is 27.5 Å². The first-order valence-corrected chi connectivity index (χ1v) is 7.17. The number of benzene rings is 1. The molecule has 2 nitrogen and oxygen atoms in total. The Morgan fingerprint density at radius 1 is 1.29 bits per heavy atom. The number of nitrogens with one attached hydrogen (secondary N) is 1. The van der Waals surface area contributed by atoms with E-state index in [2.05, 4.69) is 21.2 Å². The van der Waals surface area contributed by atoms with Gasteiger partial charge in [-0.25, -0.2) is 0 Å². The fourth-order valence-corrected chi connectivity index (χ4v) is 2.76. The molecule has 1 aliphatic carbocycles. The van der Waals surface area contributed by atoms with Crippen molar-refractivity contribution in [1.82, 2.24) is 0 Å². The van der Waals surface area contributed by atoms with Gasteiger partial charge in [-0.2, -0.15) is 0 Å². The fraction of sp³-hybridized carbons (Fsp3) is 0.538. The average molecular weight is 319 g/mol. The minimum atomic E-state index is -0.537. The van der Waals surface area contributed by atoms with Crippen molar-refractivity contribution >= 4 is 33.2 Å². The molecule has 17 heavy (non-hydrogen) atoms. The molecule has 1 aromatic rings. The van der Waals surface area contributed by atoms with Crippen LogP contribution in [0.2, 0.25) is 5.02 Å². The van der Waals surface area contributed by atoms with Gasteiger partial charge in [-0.1, -0.05) is 30.9 Å². The molecule has 2 N–H and O–H groups in total. The van der Waals surface area contributed by atoms with Crippen LogP contribution in [0.15, 0.2) is 22.7 Å². The summed E-state index contributed by atoms with van der Waals surface area (Å²) in [6.07, 6.45) is 5.29. The average Bonchev–Trinajstić information content (AvgIpc) is 2.32. The van der Waals surface area contributed by atoms with E-state index in [0.717, 1.165) is 35.8 Å². The number of halogens is 2. The number of rotatable bonds is 3. The second-order valence-corrected chi connectivity index (χ2v) is 6.03.